The van der Waals surface area contributed by atoms with E-state index in [4.69, 9.17) is 21.3 Å². The first-order valence-electron chi connectivity index (χ1n) is 7.00. The minimum atomic E-state index is -0.220. The van der Waals surface area contributed by atoms with Crippen molar-refractivity contribution in [1.82, 2.24) is 4.98 Å². The number of aromatic nitrogens is 1. The third-order valence-corrected chi connectivity index (χ3v) is 5.57. The molecule has 0 saturated heterocycles. The van der Waals surface area contributed by atoms with Gasteiger partial charge in [0.25, 0.3) is 0 Å². The van der Waals surface area contributed by atoms with E-state index in [0.29, 0.717) is 0 Å². The summed E-state index contributed by atoms with van der Waals surface area (Å²) >= 11 is 10.2. The average molecular weight is 365 g/mol. The number of hydrogen-bond donors (Lipinski definition) is 0. The normalized spacial score (nSPS) is 24.6. The summed E-state index contributed by atoms with van der Waals surface area (Å²) in [7, 11) is 0. The highest BCUT2D eigenvalue weighted by molar-refractivity contribution is 9.09. The van der Waals surface area contributed by atoms with Crippen LogP contribution in [0.5, 0.6) is 0 Å². The molecule has 0 saturated carbocycles. The van der Waals surface area contributed by atoms with Gasteiger partial charge in [-0.3, -0.25) is 4.98 Å². The van der Waals surface area contributed by atoms with Gasteiger partial charge >= 0.3 is 0 Å². The molecule has 2 aliphatic rings. The summed E-state index contributed by atoms with van der Waals surface area (Å²) in [5.41, 5.74) is 6.70. The molecule has 108 valence electrons. The van der Waals surface area contributed by atoms with Gasteiger partial charge in [0.1, 0.15) is 11.1 Å². The lowest BCUT2D eigenvalue weighted by molar-refractivity contribution is 0.0871. The van der Waals surface area contributed by atoms with Crippen molar-refractivity contribution < 1.29 is 4.74 Å². The van der Waals surface area contributed by atoms with Crippen LogP contribution in [-0.4, -0.2) is 4.98 Å². The summed E-state index contributed by atoms with van der Waals surface area (Å²) in [6, 6.07) is 6.22. The Hall–Kier alpha value is -0.900. The number of alkyl halides is 1. The van der Waals surface area contributed by atoms with Crippen LogP contribution in [0.25, 0.3) is 0 Å². The van der Waals surface area contributed by atoms with E-state index in [1.165, 1.54) is 11.1 Å². The zero-order chi connectivity index (χ0) is 14.9. The predicted molar refractivity (Wildman–Crippen MR) is 87.2 cm³/mol. The van der Waals surface area contributed by atoms with Gasteiger partial charge in [0.15, 0.2) is 0 Å². The van der Waals surface area contributed by atoms with E-state index in [1.54, 1.807) is 0 Å². The van der Waals surface area contributed by atoms with Gasteiger partial charge in [0.05, 0.1) is 5.69 Å². The Morgan fingerprint density at radius 2 is 2.05 bits per heavy atom. The van der Waals surface area contributed by atoms with E-state index in [1.807, 2.05) is 12.3 Å². The molecule has 0 spiro atoms. The van der Waals surface area contributed by atoms with Gasteiger partial charge in [0, 0.05) is 22.2 Å². The van der Waals surface area contributed by atoms with Crippen LogP contribution in [0.1, 0.15) is 58.5 Å². The maximum Gasteiger partial charge on any atom is 0.139 e. The Bertz CT molecular complexity index is 772. The van der Waals surface area contributed by atoms with E-state index < -0.39 is 0 Å². The Kier molecular flexibility index (Phi) is 2.82. The molecule has 1 aliphatic carbocycles. The molecule has 2 nitrogen and oxygen atoms in total. The smallest absolute Gasteiger partial charge is 0.139 e. The van der Waals surface area contributed by atoms with Crippen molar-refractivity contribution in [2.24, 2.45) is 0 Å². The quantitative estimate of drug-likeness (QED) is 0.600. The fourth-order valence-corrected chi connectivity index (χ4v) is 4.66. The van der Waals surface area contributed by atoms with Crippen LogP contribution >= 0.6 is 27.5 Å². The highest BCUT2D eigenvalue weighted by atomic mass is 79.9. The second kappa shape index (κ2) is 4.31. The Balaban J connectivity index is 2.12. The molecule has 1 aromatic heterocycles. The van der Waals surface area contributed by atoms with E-state index in [0.717, 1.165) is 27.4 Å². The summed E-state index contributed by atoms with van der Waals surface area (Å²) in [5.74, 6) is 0. The van der Waals surface area contributed by atoms with Gasteiger partial charge in [-0.25, -0.2) is 0 Å². The van der Waals surface area contributed by atoms with Gasteiger partial charge in [-0.1, -0.05) is 47.4 Å². The molecule has 2 unspecified atom stereocenters. The van der Waals surface area contributed by atoms with Gasteiger partial charge in [-0.15, -0.1) is 0 Å². The molecular formula is C17H15BrClNO. The van der Waals surface area contributed by atoms with Crippen LogP contribution in [0.4, 0.5) is 0 Å². The fourth-order valence-electron chi connectivity index (χ4n) is 3.65. The van der Waals surface area contributed by atoms with Crippen molar-refractivity contribution in [3.8, 4) is 0 Å². The molecule has 0 bridgehead atoms. The number of benzene rings is 1. The number of halogens is 2. The summed E-state index contributed by atoms with van der Waals surface area (Å²) in [6.07, 6.45) is 1.85. The zero-order valence-electron chi connectivity index (χ0n) is 12.1. The molecule has 0 amide bonds. The standard InChI is InChI=1S/C17H15BrClNO/c1-8-6-10-14-12-9(16(18)21-14)4-5-11(19)13(12)17(2,3)15(10)20-7-8/h4-7,14,16H,1-3H3. The Morgan fingerprint density at radius 3 is 2.81 bits per heavy atom. The first kappa shape index (κ1) is 13.7. The maximum absolute atomic E-state index is 6.54. The molecule has 0 radical (unpaired) electrons. The number of hydrogen-bond acceptors (Lipinski definition) is 2. The first-order chi connectivity index (χ1) is 9.91. The number of pyridine rings is 1. The van der Waals surface area contributed by atoms with Gasteiger partial charge in [-0.2, -0.15) is 0 Å². The molecule has 21 heavy (non-hydrogen) atoms. The van der Waals surface area contributed by atoms with Crippen LogP contribution in [0.2, 0.25) is 5.02 Å². The van der Waals surface area contributed by atoms with Crippen molar-refractivity contribution >= 4 is 27.5 Å². The Morgan fingerprint density at radius 1 is 1.29 bits per heavy atom. The molecule has 0 N–H and O–H groups in total. The minimum Gasteiger partial charge on any atom is -0.349 e. The summed E-state index contributed by atoms with van der Waals surface area (Å²) in [5, 5.41) is 0.706. The molecule has 4 rings (SSSR count). The van der Waals surface area contributed by atoms with E-state index in [9.17, 15) is 0 Å². The lowest BCUT2D eigenvalue weighted by atomic mass is 9.70. The predicted octanol–water partition coefficient (Wildman–Crippen LogP) is 5.20. The molecule has 0 fully saturated rings. The van der Waals surface area contributed by atoms with Crippen molar-refractivity contribution in [3.05, 3.63) is 62.9 Å². The molecule has 1 aromatic carbocycles. The molecule has 2 atom stereocenters. The van der Waals surface area contributed by atoms with Gasteiger partial charge in [-0.05, 0) is 41.3 Å². The van der Waals surface area contributed by atoms with Crippen LogP contribution in [0.3, 0.4) is 0 Å². The lowest BCUT2D eigenvalue weighted by Crippen LogP contribution is -2.30. The van der Waals surface area contributed by atoms with Gasteiger partial charge in [0.2, 0.25) is 0 Å². The van der Waals surface area contributed by atoms with Gasteiger partial charge < -0.3 is 4.74 Å². The first-order valence-corrected chi connectivity index (χ1v) is 8.30. The van der Waals surface area contributed by atoms with Crippen LogP contribution in [0, 0.1) is 6.92 Å². The average Bonchev–Trinajstić information content (AvgIpc) is 2.74. The summed E-state index contributed by atoms with van der Waals surface area (Å²) in [4.78, 5) is 4.70. The van der Waals surface area contributed by atoms with Crippen LogP contribution < -0.4 is 0 Å². The van der Waals surface area contributed by atoms with E-state index in [-0.39, 0.29) is 16.5 Å². The highest BCUT2D eigenvalue weighted by Crippen LogP contribution is 2.56. The number of aryl methyl sites for hydroxylation is 1. The summed E-state index contributed by atoms with van der Waals surface area (Å²) < 4.78 is 6.16. The number of nitrogens with zero attached hydrogens (tertiary/aromatic N) is 1. The third kappa shape index (κ3) is 1.71. The van der Waals surface area contributed by atoms with Crippen molar-refractivity contribution in [3.63, 3.8) is 0 Å². The molecule has 4 heteroatoms. The number of fused-ring (bicyclic) bond motifs is 2. The SMILES string of the molecule is Cc1cnc2c(c1)C1OC(Br)c3ccc(Cl)c(c31)C2(C)C. The minimum absolute atomic E-state index is 0.0755. The fraction of sp³-hybridized carbons (Fsp3) is 0.353. The van der Waals surface area contributed by atoms with Crippen molar-refractivity contribution in [2.75, 3.05) is 0 Å². The topological polar surface area (TPSA) is 22.1 Å². The van der Waals surface area contributed by atoms with Crippen LogP contribution in [0.15, 0.2) is 24.4 Å². The monoisotopic (exact) mass is 363 g/mol. The van der Waals surface area contributed by atoms with Crippen molar-refractivity contribution in [1.29, 1.82) is 0 Å². The third-order valence-electron chi connectivity index (χ3n) is 4.54. The van der Waals surface area contributed by atoms with Crippen molar-refractivity contribution in [2.45, 2.75) is 37.3 Å². The van der Waals surface area contributed by atoms with E-state index >= 15 is 0 Å². The molecular weight excluding hydrogens is 350 g/mol. The second-order valence-corrected chi connectivity index (χ2v) is 7.57. The molecule has 2 heterocycles. The van der Waals surface area contributed by atoms with Crippen LogP contribution in [-0.2, 0) is 10.2 Å². The second-order valence-electron chi connectivity index (χ2n) is 6.33. The lowest BCUT2D eigenvalue weighted by Gasteiger charge is -2.36. The largest absolute Gasteiger partial charge is 0.349 e. The summed E-state index contributed by atoms with van der Waals surface area (Å²) in [6.45, 7) is 6.44. The highest BCUT2D eigenvalue weighted by Gasteiger charge is 2.46. The van der Waals surface area contributed by atoms with E-state index in [2.05, 4.69) is 48.8 Å². The maximum atomic E-state index is 6.54. The zero-order valence-corrected chi connectivity index (χ0v) is 14.4. The number of ether oxygens (including phenoxy) is 1. The molecule has 1 aliphatic heterocycles. The molecule has 2 aromatic rings. The Labute approximate surface area is 137 Å². The number of rotatable bonds is 0.